The first-order valence-electron chi connectivity index (χ1n) is 8.56. The minimum Gasteiger partial charge on any atom is -0.351 e. The molecule has 1 aliphatic heterocycles. The molecule has 1 saturated heterocycles. The fourth-order valence-electron chi connectivity index (χ4n) is 3.18. The Kier molecular flexibility index (Phi) is 7.19. The van der Waals surface area contributed by atoms with Crippen molar-refractivity contribution in [2.24, 2.45) is 0 Å². The van der Waals surface area contributed by atoms with Gasteiger partial charge in [0, 0.05) is 16.1 Å². The Bertz CT molecular complexity index is 729. The molecule has 2 rings (SSSR count). The van der Waals surface area contributed by atoms with Crippen LogP contribution in [0.25, 0.3) is 0 Å². The van der Waals surface area contributed by atoms with Gasteiger partial charge in [0.25, 0.3) is 0 Å². The molecule has 0 bridgehead atoms. The van der Waals surface area contributed by atoms with E-state index in [4.69, 9.17) is 23.2 Å². The fraction of sp³-hybridized carbons (Fsp3) is 0.588. The molecule has 0 radical (unpaired) electrons. The normalized spacial score (nSPS) is 17.7. The molecule has 0 saturated carbocycles. The van der Waals surface area contributed by atoms with E-state index in [9.17, 15) is 13.2 Å². The zero-order valence-electron chi connectivity index (χ0n) is 15.2. The molecule has 146 valence electrons. The zero-order valence-corrected chi connectivity index (χ0v) is 17.5. The van der Waals surface area contributed by atoms with Crippen LogP contribution >= 0.6 is 23.2 Å². The number of anilines is 1. The van der Waals surface area contributed by atoms with E-state index in [1.165, 1.54) is 18.2 Å². The number of halogens is 2. The first-order valence-corrected chi connectivity index (χ1v) is 11.2. The number of amides is 1. The number of carbonyl (C=O) groups excluding carboxylic acids is 1. The molecule has 0 aromatic heterocycles. The first kappa shape index (κ1) is 21.3. The maximum atomic E-state index is 12.9. The van der Waals surface area contributed by atoms with E-state index >= 15 is 0 Å². The molecule has 6 nitrogen and oxygen atoms in total. The minimum absolute atomic E-state index is 0.0529. The smallest absolute Gasteiger partial charge is 0.244 e. The van der Waals surface area contributed by atoms with Gasteiger partial charge in [-0.25, -0.2) is 8.42 Å². The molecule has 26 heavy (non-hydrogen) atoms. The quantitative estimate of drug-likeness (QED) is 0.766. The molecule has 1 amide bonds. The van der Waals surface area contributed by atoms with Crippen molar-refractivity contribution in [3.8, 4) is 0 Å². The van der Waals surface area contributed by atoms with Crippen LogP contribution < -0.4 is 9.62 Å². The molecule has 1 atom stereocenters. The highest BCUT2D eigenvalue weighted by Gasteiger charge is 2.33. The Hall–Kier alpha value is -1.02. The summed E-state index contributed by atoms with van der Waals surface area (Å²) in [5, 5.41) is 3.63. The van der Waals surface area contributed by atoms with Gasteiger partial charge in [0.1, 0.15) is 6.04 Å². The Morgan fingerprint density at radius 1 is 1.27 bits per heavy atom. The molecule has 1 fully saturated rings. The average Bonchev–Trinajstić information content (AvgIpc) is 2.52. The summed E-state index contributed by atoms with van der Waals surface area (Å²) in [6.45, 7) is 3.59. The molecule has 1 aromatic rings. The van der Waals surface area contributed by atoms with Gasteiger partial charge in [-0.05, 0) is 57.6 Å². The lowest BCUT2D eigenvalue weighted by atomic mass is 10.0. The number of rotatable bonds is 6. The number of hydrogen-bond donors (Lipinski definition) is 1. The van der Waals surface area contributed by atoms with Crippen molar-refractivity contribution in [3.05, 3.63) is 28.2 Å². The van der Waals surface area contributed by atoms with E-state index in [0.717, 1.165) is 36.5 Å². The van der Waals surface area contributed by atoms with Gasteiger partial charge < -0.3 is 10.2 Å². The average molecular weight is 422 g/mol. The summed E-state index contributed by atoms with van der Waals surface area (Å²) in [5.41, 5.74) is 0.287. The van der Waals surface area contributed by atoms with E-state index in [1.807, 2.05) is 7.05 Å². The number of piperidine rings is 1. The second-order valence-corrected chi connectivity index (χ2v) is 9.43. The third-order valence-electron chi connectivity index (χ3n) is 4.50. The SMILES string of the molecule is CC[C@H](C(=O)NC1CCN(C)CC1)N(c1cc(Cl)cc(Cl)c1)S(C)(=O)=O. The van der Waals surface area contributed by atoms with Crippen molar-refractivity contribution in [1.82, 2.24) is 10.2 Å². The number of benzene rings is 1. The Balaban J connectivity index is 2.28. The van der Waals surface area contributed by atoms with Gasteiger partial charge in [0.05, 0.1) is 11.9 Å². The van der Waals surface area contributed by atoms with Crippen LogP contribution in [0.3, 0.4) is 0 Å². The van der Waals surface area contributed by atoms with Gasteiger partial charge in [0.2, 0.25) is 15.9 Å². The Morgan fingerprint density at radius 2 is 1.81 bits per heavy atom. The fourth-order valence-corrected chi connectivity index (χ4v) is 4.89. The zero-order chi connectivity index (χ0) is 19.5. The molecule has 1 N–H and O–H groups in total. The van der Waals surface area contributed by atoms with Crippen molar-refractivity contribution in [1.29, 1.82) is 0 Å². The third kappa shape index (κ3) is 5.49. The van der Waals surface area contributed by atoms with Crippen molar-refractivity contribution in [2.45, 2.75) is 38.3 Å². The monoisotopic (exact) mass is 421 g/mol. The second-order valence-electron chi connectivity index (χ2n) is 6.70. The molecule has 1 aliphatic rings. The van der Waals surface area contributed by atoms with Crippen molar-refractivity contribution >= 4 is 44.8 Å². The number of hydrogen-bond acceptors (Lipinski definition) is 4. The molecule has 0 aliphatic carbocycles. The van der Waals surface area contributed by atoms with Gasteiger partial charge in [0.15, 0.2) is 0 Å². The van der Waals surface area contributed by atoms with E-state index in [1.54, 1.807) is 6.92 Å². The van der Waals surface area contributed by atoms with E-state index in [2.05, 4.69) is 10.2 Å². The molecule has 0 unspecified atom stereocenters. The Morgan fingerprint density at radius 3 is 2.27 bits per heavy atom. The van der Waals surface area contributed by atoms with Gasteiger partial charge in [-0.2, -0.15) is 0 Å². The highest BCUT2D eigenvalue weighted by Crippen LogP contribution is 2.29. The van der Waals surface area contributed by atoms with Gasteiger partial charge in [-0.1, -0.05) is 30.1 Å². The van der Waals surface area contributed by atoms with Crippen LogP contribution in [0.5, 0.6) is 0 Å². The van der Waals surface area contributed by atoms with Crippen LogP contribution in [0.2, 0.25) is 10.0 Å². The van der Waals surface area contributed by atoms with Crippen LogP contribution in [0.15, 0.2) is 18.2 Å². The molecule has 0 spiro atoms. The number of nitrogens with zero attached hydrogens (tertiary/aromatic N) is 2. The summed E-state index contributed by atoms with van der Waals surface area (Å²) in [7, 11) is -1.67. The summed E-state index contributed by atoms with van der Waals surface area (Å²) in [5.74, 6) is -0.302. The maximum Gasteiger partial charge on any atom is 0.244 e. The number of carbonyl (C=O) groups is 1. The molecular weight excluding hydrogens is 397 g/mol. The van der Waals surface area contributed by atoms with Gasteiger partial charge in [-0.3, -0.25) is 9.10 Å². The lowest BCUT2D eigenvalue weighted by molar-refractivity contribution is -0.123. The molecule has 1 aromatic carbocycles. The van der Waals surface area contributed by atoms with Gasteiger partial charge >= 0.3 is 0 Å². The van der Waals surface area contributed by atoms with E-state index in [0.29, 0.717) is 16.5 Å². The van der Waals surface area contributed by atoms with E-state index in [-0.39, 0.29) is 17.6 Å². The summed E-state index contributed by atoms with van der Waals surface area (Å²) in [4.78, 5) is 15.1. The number of nitrogens with one attached hydrogen (secondary N) is 1. The predicted molar refractivity (Wildman–Crippen MR) is 107 cm³/mol. The summed E-state index contributed by atoms with van der Waals surface area (Å²) in [6.07, 6.45) is 3.10. The number of likely N-dealkylation sites (tertiary alicyclic amines) is 1. The van der Waals surface area contributed by atoms with Crippen molar-refractivity contribution in [3.63, 3.8) is 0 Å². The number of sulfonamides is 1. The molecular formula is C17H25Cl2N3O3S. The van der Waals surface area contributed by atoms with Crippen molar-refractivity contribution in [2.75, 3.05) is 30.7 Å². The van der Waals surface area contributed by atoms with E-state index < -0.39 is 16.1 Å². The highest BCUT2D eigenvalue weighted by molar-refractivity contribution is 7.92. The van der Waals surface area contributed by atoms with Crippen LogP contribution in [-0.2, 0) is 14.8 Å². The lowest BCUT2D eigenvalue weighted by Crippen LogP contribution is -2.53. The second kappa shape index (κ2) is 8.78. The lowest BCUT2D eigenvalue weighted by Gasteiger charge is -2.34. The standard InChI is InChI=1S/C17H25Cl2N3O3S/c1-4-16(17(23)20-14-5-7-21(2)8-6-14)22(26(3,24)25)15-10-12(18)9-13(19)11-15/h9-11,14,16H,4-8H2,1-3H3,(H,20,23)/t16-/m1/s1. The largest absolute Gasteiger partial charge is 0.351 e. The van der Waals surface area contributed by atoms with Crippen molar-refractivity contribution < 1.29 is 13.2 Å². The predicted octanol–water partition coefficient (Wildman–Crippen LogP) is 2.75. The van der Waals surface area contributed by atoms with Crippen LogP contribution in [0, 0.1) is 0 Å². The summed E-state index contributed by atoms with van der Waals surface area (Å²) in [6, 6.07) is 3.71. The highest BCUT2D eigenvalue weighted by atomic mass is 35.5. The van der Waals surface area contributed by atoms with Gasteiger partial charge in [-0.15, -0.1) is 0 Å². The van der Waals surface area contributed by atoms with Crippen LogP contribution in [-0.4, -0.2) is 57.7 Å². The molecule has 1 heterocycles. The topological polar surface area (TPSA) is 69.7 Å². The summed E-state index contributed by atoms with van der Waals surface area (Å²) >= 11 is 12.1. The summed E-state index contributed by atoms with van der Waals surface area (Å²) < 4.78 is 26.0. The maximum absolute atomic E-state index is 12.9. The van der Waals surface area contributed by atoms with Crippen LogP contribution in [0.1, 0.15) is 26.2 Å². The van der Waals surface area contributed by atoms with Crippen LogP contribution in [0.4, 0.5) is 5.69 Å². The Labute approximate surface area is 165 Å². The minimum atomic E-state index is -3.71. The molecule has 9 heteroatoms. The first-order chi connectivity index (χ1) is 12.1. The third-order valence-corrected chi connectivity index (χ3v) is 6.11.